The fourth-order valence-electron chi connectivity index (χ4n) is 3.10. The standard InChI is InChI=1S/C23H26N4O/c1-16(11-21-15-24-14-17(2)25-21)18-7-5-9-20(12-18)26-23(28)19-8-6-10-22(13-19)27(3)4/h5-10,12-16H,11H2,1-4H3,(H,26,28)/t16-/m1/s1. The third kappa shape index (κ3) is 4.94. The molecule has 3 rings (SSSR count). The first kappa shape index (κ1) is 19.5. The smallest absolute Gasteiger partial charge is 0.255 e. The maximum Gasteiger partial charge on any atom is 0.255 e. The first-order valence-corrected chi connectivity index (χ1v) is 9.38. The van der Waals surface area contributed by atoms with Gasteiger partial charge in [-0.1, -0.05) is 25.1 Å². The minimum absolute atomic E-state index is 0.113. The lowest BCUT2D eigenvalue weighted by molar-refractivity contribution is 0.102. The van der Waals surface area contributed by atoms with Crippen molar-refractivity contribution >= 4 is 17.3 Å². The fraction of sp³-hybridized carbons (Fsp3) is 0.261. The van der Waals surface area contributed by atoms with Gasteiger partial charge in [0, 0.05) is 43.4 Å². The molecule has 144 valence electrons. The van der Waals surface area contributed by atoms with Crippen molar-refractivity contribution in [3.8, 4) is 0 Å². The lowest BCUT2D eigenvalue weighted by Gasteiger charge is -2.15. The summed E-state index contributed by atoms with van der Waals surface area (Å²) in [5.74, 6) is 0.156. The van der Waals surface area contributed by atoms with Crippen molar-refractivity contribution in [2.24, 2.45) is 0 Å². The molecule has 0 saturated heterocycles. The maximum absolute atomic E-state index is 12.7. The molecule has 5 heteroatoms. The van der Waals surface area contributed by atoms with E-state index in [-0.39, 0.29) is 11.8 Å². The lowest BCUT2D eigenvalue weighted by atomic mass is 9.96. The van der Waals surface area contributed by atoms with Crippen LogP contribution in [0.25, 0.3) is 0 Å². The lowest BCUT2D eigenvalue weighted by Crippen LogP contribution is -2.14. The van der Waals surface area contributed by atoms with E-state index in [9.17, 15) is 4.79 Å². The number of aryl methyl sites for hydroxylation is 1. The number of carbonyl (C=O) groups is 1. The maximum atomic E-state index is 12.7. The van der Waals surface area contributed by atoms with Crippen LogP contribution in [0.15, 0.2) is 60.9 Å². The predicted octanol–water partition coefficient (Wildman–Crippen LogP) is 4.45. The highest BCUT2D eigenvalue weighted by Crippen LogP contribution is 2.23. The number of nitrogens with zero attached hydrogens (tertiary/aromatic N) is 3. The topological polar surface area (TPSA) is 58.1 Å². The Balaban J connectivity index is 1.72. The minimum atomic E-state index is -0.113. The van der Waals surface area contributed by atoms with Gasteiger partial charge in [0.25, 0.3) is 5.91 Å². The summed E-state index contributed by atoms with van der Waals surface area (Å²) < 4.78 is 0. The third-order valence-electron chi connectivity index (χ3n) is 4.66. The number of carbonyl (C=O) groups excluding carboxylic acids is 1. The van der Waals surface area contributed by atoms with Crippen molar-refractivity contribution in [2.45, 2.75) is 26.2 Å². The molecule has 5 nitrogen and oxygen atoms in total. The number of aromatic nitrogens is 2. The van der Waals surface area contributed by atoms with E-state index in [1.807, 2.05) is 74.6 Å². The zero-order chi connectivity index (χ0) is 20.1. The molecule has 0 unspecified atom stereocenters. The van der Waals surface area contributed by atoms with E-state index in [1.165, 1.54) is 0 Å². The average molecular weight is 374 g/mol. The van der Waals surface area contributed by atoms with E-state index in [0.717, 1.165) is 34.7 Å². The Morgan fingerprint density at radius 2 is 1.89 bits per heavy atom. The second kappa shape index (κ2) is 8.65. The predicted molar refractivity (Wildman–Crippen MR) is 114 cm³/mol. The van der Waals surface area contributed by atoms with Crippen LogP contribution in [0.2, 0.25) is 0 Å². The molecule has 2 aromatic carbocycles. The molecule has 0 radical (unpaired) electrons. The largest absolute Gasteiger partial charge is 0.378 e. The minimum Gasteiger partial charge on any atom is -0.378 e. The Bertz CT molecular complexity index is 968. The third-order valence-corrected chi connectivity index (χ3v) is 4.66. The number of nitrogens with one attached hydrogen (secondary N) is 1. The molecule has 1 amide bonds. The molecule has 0 fully saturated rings. The molecule has 1 aromatic heterocycles. The highest BCUT2D eigenvalue weighted by Gasteiger charge is 2.11. The quantitative estimate of drug-likeness (QED) is 0.692. The van der Waals surface area contributed by atoms with Crippen molar-refractivity contribution in [3.63, 3.8) is 0 Å². The molecule has 3 aromatic rings. The number of amides is 1. The molecular formula is C23H26N4O. The van der Waals surface area contributed by atoms with E-state index in [2.05, 4.69) is 28.3 Å². The Morgan fingerprint density at radius 3 is 2.64 bits per heavy atom. The molecule has 0 aliphatic rings. The molecule has 1 N–H and O–H groups in total. The molecule has 1 heterocycles. The van der Waals surface area contributed by atoms with Gasteiger partial charge >= 0.3 is 0 Å². The van der Waals surface area contributed by atoms with Crippen LogP contribution in [0.5, 0.6) is 0 Å². The van der Waals surface area contributed by atoms with Crippen molar-refractivity contribution in [1.29, 1.82) is 0 Å². The van der Waals surface area contributed by atoms with Gasteiger partial charge in [-0.05, 0) is 55.2 Å². The van der Waals surface area contributed by atoms with E-state index in [1.54, 1.807) is 6.20 Å². The second-order valence-corrected chi connectivity index (χ2v) is 7.28. The van der Waals surface area contributed by atoms with Gasteiger partial charge < -0.3 is 10.2 Å². The SMILES string of the molecule is Cc1cncc(C[C@@H](C)c2cccc(NC(=O)c3cccc(N(C)C)c3)c2)n1. The monoisotopic (exact) mass is 374 g/mol. The summed E-state index contributed by atoms with van der Waals surface area (Å²) in [7, 11) is 3.92. The van der Waals surface area contributed by atoms with E-state index in [4.69, 9.17) is 0 Å². The van der Waals surface area contributed by atoms with Crippen molar-refractivity contribution < 1.29 is 4.79 Å². The van der Waals surface area contributed by atoms with Crippen LogP contribution in [0, 0.1) is 6.92 Å². The number of hydrogen-bond acceptors (Lipinski definition) is 4. The van der Waals surface area contributed by atoms with Gasteiger partial charge in [0.15, 0.2) is 0 Å². The van der Waals surface area contributed by atoms with Crippen molar-refractivity contribution in [1.82, 2.24) is 9.97 Å². The van der Waals surface area contributed by atoms with E-state index in [0.29, 0.717) is 5.56 Å². The van der Waals surface area contributed by atoms with E-state index < -0.39 is 0 Å². The highest BCUT2D eigenvalue weighted by atomic mass is 16.1. The highest BCUT2D eigenvalue weighted by molar-refractivity contribution is 6.04. The normalized spacial score (nSPS) is 11.7. The molecule has 0 bridgehead atoms. The van der Waals surface area contributed by atoms with Gasteiger partial charge in [-0.3, -0.25) is 14.8 Å². The average Bonchev–Trinajstić information content (AvgIpc) is 2.68. The van der Waals surface area contributed by atoms with Gasteiger partial charge in [0.1, 0.15) is 0 Å². The summed E-state index contributed by atoms with van der Waals surface area (Å²) in [6.07, 6.45) is 4.37. The summed E-state index contributed by atoms with van der Waals surface area (Å²) in [5, 5.41) is 3.01. The second-order valence-electron chi connectivity index (χ2n) is 7.28. The fourth-order valence-corrected chi connectivity index (χ4v) is 3.10. The van der Waals surface area contributed by atoms with Gasteiger partial charge in [0.05, 0.1) is 11.4 Å². The van der Waals surface area contributed by atoms with Crippen LogP contribution in [0.1, 0.15) is 40.2 Å². The Hall–Kier alpha value is -3.21. The van der Waals surface area contributed by atoms with Crippen LogP contribution in [0.4, 0.5) is 11.4 Å². The van der Waals surface area contributed by atoms with Gasteiger partial charge in [-0.2, -0.15) is 0 Å². The van der Waals surface area contributed by atoms with Crippen LogP contribution < -0.4 is 10.2 Å². The Labute approximate surface area is 166 Å². The van der Waals surface area contributed by atoms with Gasteiger partial charge in [-0.25, -0.2) is 0 Å². The first-order valence-electron chi connectivity index (χ1n) is 9.38. The van der Waals surface area contributed by atoms with Crippen molar-refractivity contribution in [2.75, 3.05) is 24.3 Å². The summed E-state index contributed by atoms with van der Waals surface area (Å²) in [4.78, 5) is 23.4. The summed E-state index contributed by atoms with van der Waals surface area (Å²) >= 11 is 0. The first-order chi connectivity index (χ1) is 13.4. The zero-order valence-electron chi connectivity index (χ0n) is 16.8. The van der Waals surface area contributed by atoms with Crippen LogP contribution in [-0.4, -0.2) is 30.0 Å². The summed E-state index contributed by atoms with van der Waals surface area (Å²) in [5.41, 5.74) is 5.48. The molecule has 1 atom stereocenters. The van der Waals surface area contributed by atoms with E-state index >= 15 is 0 Å². The zero-order valence-corrected chi connectivity index (χ0v) is 16.8. The summed E-state index contributed by atoms with van der Waals surface area (Å²) in [6, 6.07) is 15.6. The Kier molecular flexibility index (Phi) is 6.04. The molecule has 0 saturated carbocycles. The van der Waals surface area contributed by atoms with Crippen LogP contribution in [0.3, 0.4) is 0 Å². The Morgan fingerprint density at radius 1 is 1.11 bits per heavy atom. The number of hydrogen-bond donors (Lipinski definition) is 1. The van der Waals surface area contributed by atoms with Crippen LogP contribution >= 0.6 is 0 Å². The number of benzene rings is 2. The van der Waals surface area contributed by atoms with Gasteiger partial charge in [-0.15, -0.1) is 0 Å². The number of anilines is 2. The van der Waals surface area contributed by atoms with Crippen LogP contribution in [-0.2, 0) is 6.42 Å². The number of rotatable bonds is 6. The molecule has 0 aliphatic heterocycles. The summed E-state index contributed by atoms with van der Waals surface area (Å²) in [6.45, 7) is 4.11. The van der Waals surface area contributed by atoms with Gasteiger partial charge in [0.2, 0.25) is 0 Å². The molecular weight excluding hydrogens is 348 g/mol. The molecule has 0 spiro atoms. The molecule has 28 heavy (non-hydrogen) atoms. The molecule has 0 aliphatic carbocycles. The van der Waals surface area contributed by atoms with Crippen molar-refractivity contribution in [3.05, 3.63) is 83.4 Å².